The number of hydrogen-bond acceptors (Lipinski definition) is 3. The first-order chi connectivity index (χ1) is 8.20. The van der Waals surface area contributed by atoms with Crippen LogP contribution in [0.2, 0.25) is 0 Å². The fourth-order valence-corrected chi connectivity index (χ4v) is 3.05. The average molecular weight is 307 g/mol. The molecule has 1 unspecified atom stereocenters. The van der Waals surface area contributed by atoms with Gasteiger partial charge in [-0.05, 0) is 41.1 Å². The first kappa shape index (κ1) is 12.2. The molecule has 1 N–H and O–H groups in total. The molecular weight excluding hydrogens is 296 g/mol. The highest BCUT2D eigenvalue weighted by molar-refractivity contribution is 9.10. The summed E-state index contributed by atoms with van der Waals surface area (Å²) in [4.78, 5) is 2.22. The molecule has 1 aromatic carbocycles. The Bertz CT molecular complexity index is 523. The minimum absolute atomic E-state index is 0.299. The van der Waals surface area contributed by atoms with E-state index in [1.54, 1.807) is 11.3 Å². The molecule has 0 saturated carbocycles. The number of nitrogens with zero attached hydrogens (tertiary/aromatic N) is 1. The summed E-state index contributed by atoms with van der Waals surface area (Å²) in [7, 11) is 0. The molecule has 2 nitrogen and oxygen atoms in total. The van der Waals surface area contributed by atoms with Crippen molar-refractivity contribution >= 4 is 33.0 Å². The summed E-state index contributed by atoms with van der Waals surface area (Å²) < 4.78 is 1.06. The number of benzene rings is 1. The van der Waals surface area contributed by atoms with E-state index in [0.717, 1.165) is 15.0 Å². The number of halogens is 1. The SMILES string of the molecule is Cc1sc(C(C#N)Nc2ccccc2)cc1Br. The summed E-state index contributed by atoms with van der Waals surface area (Å²) in [5, 5.41) is 12.4. The van der Waals surface area contributed by atoms with Gasteiger partial charge in [-0.2, -0.15) is 5.26 Å². The highest BCUT2D eigenvalue weighted by atomic mass is 79.9. The van der Waals surface area contributed by atoms with Crippen LogP contribution in [-0.4, -0.2) is 0 Å². The second kappa shape index (κ2) is 5.35. The third-order valence-electron chi connectivity index (χ3n) is 2.37. The second-order valence-electron chi connectivity index (χ2n) is 3.63. The molecule has 1 atom stereocenters. The van der Waals surface area contributed by atoms with E-state index in [1.807, 2.05) is 43.3 Å². The van der Waals surface area contributed by atoms with Crippen LogP contribution >= 0.6 is 27.3 Å². The molecule has 1 aromatic heterocycles. The molecule has 0 aliphatic carbocycles. The Morgan fingerprint density at radius 2 is 2.06 bits per heavy atom. The van der Waals surface area contributed by atoms with Crippen molar-refractivity contribution in [3.8, 4) is 6.07 Å². The Balaban J connectivity index is 2.21. The normalized spacial score (nSPS) is 11.8. The molecule has 1 heterocycles. The van der Waals surface area contributed by atoms with Crippen LogP contribution in [0.4, 0.5) is 5.69 Å². The van der Waals surface area contributed by atoms with Crippen LogP contribution in [0.15, 0.2) is 40.9 Å². The molecule has 4 heteroatoms. The van der Waals surface area contributed by atoms with Crippen molar-refractivity contribution in [1.29, 1.82) is 5.26 Å². The summed E-state index contributed by atoms with van der Waals surface area (Å²) in [5.74, 6) is 0. The maximum atomic E-state index is 9.22. The number of aryl methyl sites for hydroxylation is 1. The summed E-state index contributed by atoms with van der Waals surface area (Å²) >= 11 is 5.11. The minimum atomic E-state index is -0.299. The first-order valence-electron chi connectivity index (χ1n) is 5.17. The molecule has 2 aromatic rings. The summed E-state index contributed by atoms with van der Waals surface area (Å²) in [6.07, 6.45) is 0. The molecule has 17 heavy (non-hydrogen) atoms. The van der Waals surface area contributed by atoms with E-state index in [4.69, 9.17) is 0 Å². The summed E-state index contributed by atoms with van der Waals surface area (Å²) in [5.41, 5.74) is 0.959. The third kappa shape index (κ3) is 2.87. The lowest BCUT2D eigenvalue weighted by molar-refractivity contribution is 1.03. The molecule has 86 valence electrons. The summed E-state index contributed by atoms with van der Waals surface area (Å²) in [6.45, 7) is 2.04. The number of nitriles is 1. The molecule has 2 rings (SSSR count). The van der Waals surface area contributed by atoms with E-state index in [9.17, 15) is 5.26 Å². The van der Waals surface area contributed by atoms with E-state index in [0.29, 0.717) is 0 Å². The second-order valence-corrected chi connectivity index (χ2v) is 5.77. The average Bonchev–Trinajstić information content (AvgIpc) is 2.68. The van der Waals surface area contributed by atoms with Crippen LogP contribution in [0, 0.1) is 18.3 Å². The fraction of sp³-hybridized carbons (Fsp3) is 0.154. The Morgan fingerprint density at radius 3 is 2.59 bits per heavy atom. The molecular formula is C13H11BrN2S. The van der Waals surface area contributed by atoms with E-state index in [2.05, 4.69) is 27.3 Å². The van der Waals surface area contributed by atoms with Gasteiger partial charge in [0.25, 0.3) is 0 Å². The standard InChI is InChI=1S/C13H11BrN2S/c1-9-11(14)7-13(17-9)12(8-15)16-10-5-3-2-4-6-10/h2-7,12,16H,1H3. The topological polar surface area (TPSA) is 35.8 Å². The number of anilines is 1. The van der Waals surface area contributed by atoms with Gasteiger partial charge in [-0.3, -0.25) is 0 Å². The lowest BCUT2D eigenvalue weighted by Gasteiger charge is -2.10. The van der Waals surface area contributed by atoms with Crippen LogP contribution in [0.5, 0.6) is 0 Å². The maximum Gasteiger partial charge on any atom is 0.149 e. The Morgan fingerprint density at radius 1 is 1.35 bits per heavy atom. The molecule has 0 fully saturated rings. The zero-order valence-corrected chi connectivity index (χ0v) is 11.7. The monoisotopic (exact) mass is 306 g/mol. The summed E-state index contributed by atoms with van der Waals surface area (Å²) in [6, 6.07) is 13.8. The van der Waals surface area contributed by atoms with Crippen LogP contribution in [-0.2, 0) is 0 Å². The highest BCUT2D eigenvalue weighted by Crippen LogP contribution is 2.31. The van der Waals surface area contributed by atoms with Crippen molar-refractivity contribution in [2.24, 2.45) is 0 Å². The van der Waals surface area contributed by atoms with Crippen LogP contribution in [0.25, 0.3) is 0 Å². The van der Waals surface area contributed by atoms with Gasteiger partial charge in [-0.25, -0.2) is 0 Å². The van der Waals surface area contributed by atoms with Crippen LogP contribution in [0.1, 0.15) is 15.8 Å². The molecule has 0 aliphatic rings. The van der Waals surface area contributed by atoms with Gasteiger partial charge in [0, 0.05) is 19.9 Å². The Hall–Kier alpha value is -1.31. The van der Waals surface area contributed by atoms with Crippen molar-refractivity contribution in [3.05, 3.63) is 50.6 Å². The highest BCUT2D eigenvalue weighted by Gasteiger charge is 2.14. The van der Waals surface area contributed by atoms with Gasteiger partial charge in [-0.1, -0.05) is 18.2 Å². The van der Waals surface area contributed by atoms with Crippen molar-refractivity contribution in [2.75, 3.05) is 5.32 Å². The smallest absolute Gasteiger partial charge is 0.149 e. The molecule has 0 bridgehead atoms. The van der Waals surface area contributed by atoms with E-state index >= 15 is 0 Å². The van der Waals surface area contributed by atoms with E-state index in [-0.39, 0.29) is 6.04 Å². The van der Waals surface area contributed by atoms with Gasteiger partial charge in [0.15, 0.2) is 0 Å². The van der Waals surface area contributed by atoms with Crippen molar-refractivity contribution < 1.29 is 0 Å². The van der Waals surface area contributed by atoms with Gasteiger partial charge in [0.1, 0.15) is 6.04 Å². The zero-order valence-electron chi connectivity index (χ0n) is 9.27. The van der Waals surface area contributed by atoms with E-state index in [1.165, 1.54) is 4.88 Å². The van der Waals surface area contributed by atoms with Gasteiger partial charge in [-0.15, -0.1) is 11.3 Å². The van der Waals surface area contributed by atoms with Crippen molar-refractivity contribution in [2.45, 2.75) is 13.0 Å². The molecule has 0 aliphatic heterocycles. The molecule has 0 radical (unpaired) electrons. The minimum Gasteiger partial charge on any atom is -0.366 e. The molecule has 0 spiro atoms. The number of rotatable bonds is 3. The number of hydrogen-bond donors (Lipinski definition) is 1. The fourth-order valence-electron chi connectivity index (χ4n) is 1.49. The first-order valence-corrected chi connectivity index (χ1v) is 6.78. The predicted molar refractivity (Wildman–Crippen MR) is 75.2 cm³/mol. The Kier molecular flexibility index (Phi) is 3.82. The molecule has 0 amide bonds. The number of thiophene rings is 1. The van der Waals surface area contributed by atoms with Crippen molar-refractivity contribution in [1.82, 2.24) is 0 Å². The Labute approximate surface area is 113 Å². The lowest BCUT2D eigenvalue weighted by Crippen LogP contribution is -2.06. The number of nitrogens with one attached hydrogen (secondary N) is 1. The van der Waals surface area contributed by atoms with E-state index < -0.39 is 0 Å². The maximum absolute atomic E-state index is 9.22. The lowest BCUT2D eigenvalue weighted by atomic mass is 10.2. The van der Waals surface area contributed by atoms with Crippen LogP contribution < -0.4 is 5.32 Å². The van der Waals surface area contributed by atoms with Crippen LogP contribution in [0.3, 0.4) is 0 Å². The van der Waals surface area contributed by atoms with Gasteiger partial charge < -0.3 is 5.32 Å². The van der Waals surface area contributed by atoms with Crippen molar-refractivity contribution in [3.63, 3.8) is 0 Å². The van der Waals surface area contributed by atoms with Gasteiger partial charge in [0.2, 0.25) is 0 Å². The van der Waals surface area contributed by atoms with Gasteiger partial charge >= 0.3 is 0 Å². The zero-order chi connectivity index (χ0) is 12.3. The quantitative estimate of drug-likeness (QED) is 0.906. The third-order valence-corrected chi connectivity index (χ3v) is 4.58. The number of para-hydroxylation sites is 1. The molecule has 0 saturated heterocycles. The largest absolute Gasteiger partial charge is 0.366 e. The van der Waals surface area contributed by atoms with Gasteiger partial charge in [0.05, 0.1) is 6.07 Å². The predicted octanol–water partition coefficient (Wildman–Crippen LogP) is 4.50.